The zero-order chi connectivity index (χ0) is 26.9. The number of rotatable bonds is 8. The zero-order valence-corrected chi connectivity index (χ0v) is 22.3. The molecule has 0 radical (unpaired) electrons. The minimum atomic E-state index is -3.99. The highest BCUT2D eigenvalue weighted by Crippen LogP contribution is 2.34. The lowest BCUT2D eigenvalue weighted by Gasteiger charge is -2.29. The molecular weight excluding hydrogens is 494 g/mol. The maximum Gasteiger partial charge on any atom is 0.261 e. The topological polar surface area (TPSA) is 120 Å². The van der Waals surface area contributed by atoms with Gasteiger partial charge in [-0.15, -0.1) is 0 Å². The fraction of sp³-hybridized carbons (Fsp3) is 0.462. The number of carbonyl (C=O) groups is 3. The fourth-order valence-corrected chi connectivity index (χ4v) is 6.70. The molecule has 1 N–H and O–H groups in total. The first-order valence-corrected chi connectivity index (χ1v) is 13.8. The van der Waals surface area contributed by atoms with E-state index in [0.29, 0.717) is 18.4 Å². The molecule has 2 amide bonds. The molecule has 3 unspecified atom stereocenters. The Kier molecular flexibility index (Phi) is 7.65. The molecule has 37 heavy (non-hydrogen) atoms. The Bertz CT molecular complexity index is 1280. The normalized spacial score (nSPS) is 20.7. The molecule has 0 aliphatic carbocycles. The number of fused-ring (bicyclic) bond motifs is 1. The predicted octanol–water partition coefficient (Wildman–Crippen LogP) is 1.54. The van der Waals surface area contributed by atoms with Crippen molar-refractivity contribution in [2.24, 2.45) is 5.92 Å². The van der Waals surface area contributed by atoms with Crippen molar-refractivity contribution in [3.05, 3.63) is 54.2 Å². The minimum absolute atomic E-state index is 0.0945. The highest BCUT2D eigenvalue weighted by atomic mass is 32.2. The molecule has 2 aliphatic rings. The molecule has 4 rings (SSSR count). The Labute approximate surface area is 217 Å². The minimum Gasteiger partial charge on any atom is -0.377 e. The number of benzene rings is 1. The summed E-state index contributed by atoms with van der Waals surface area (Å²) in [6.45, 7) is 3.83. The number of hydrogen-bond donors (Lipinski definition) is 1. The molecule has 0 saturated carbocycles. The van der Waals surface area contributed by atoms with Crippen molar-refractivity contribution in [3.63, 3.8) is 0 Å². The lowest BCUT2D eigenvalue weighted by Crippen LogP contribution is -2.53. The summed E-state index contributed by atoms with van der Waals surface area (Å²) in [5.74, 6) is -0.988. The van der Waals surface area contributed by atoms with Crippen LogP contribution in [0.1, 0.15) is 37.0 Å². The molecule has 10 nitrogen and oxygen atoms in total. The molecule has 2 saturated heterocycles. The summed E-state index contributed by atoms with van der Waals surface area (Å²) >= 11 is 0. The maximum atomic E-state index is 13.7. The first-order chi connectivity index (χ1) is 17.5. The van der Waals surface area contributed by atoms with E-state index in [0.717, 1.165) is 5.69 Å². The van der Waals surface area contributed by atoms with Gasteiger partial charge >= 0.3 is 0 Å². The lowest BCUT2D eigenvalue weighted by atomic mass is 10.0. The Morgan fingerprint density at radius 1 is 1.14 bits per heavy atom. The molecular formula is C26H33N5O5S. The van der Waals surface area contributed by atoms with Crippen LogP contribution in [0.25, 0.3) is 0 Å². The summed E-state index contributed by atoms with van der Waals surface area (Å²) in [6.07, 6.45) is 2.10. The number of likely N-dealkylation sites (tertiary alicyclic amines) is 1. The summed E-state index contributed by atoms with van der Waals surface area (Å²) in [5, 5.41) is 2.76. The van der Waals surface area contributed by atoms with Crippen LogP contribution in [0, 0.1) is 5.92 Å². The van der Waals surface area contributed by atoms with Gasteiger partial charge in [-0.05, 0) is 43.0 Å². The molecule has 1 aromatic heterocycles. The molecule has 1 aromatic carbocycles. The Balaban J connectivity index is 1.57. The Morgan fingerprint density at radius 2 is 1.84 bits per heavy atom. The smallest absolute Gasteiger partial charge is 0.261 e. The third-order valence-corrected chi connectivity index (χ3v) is 8.60. The van der Waals surface area contributed by atoms with Crippen LogP contribution in [-0.2, 0) is 19.6 Å². The van der Waals surface area contributed by atoms with Crippen molar-refractivity contribution in [3.8, 4) is 0 Å². The van der Waals surface area contributed by atoms with Crippen molar-refractivity contribution in [2.75, 3.05) is 32.1 Å². The van der Waals surface area contributed by atoms with E-state index in [9.17, 15) is 22.8 Å². The Morgan fingerprint density at radius 3 is 2.49 bits per heavy atom. The standard InChI is InChI=1S/C26H33N5O5S/c1-17(2)15-19(28-25(33)18-9-5-6-10-20(18)29(3)4)26(34)30-14-12-21-24(30)22(32)16-31(21)37(35,36)23-11-7-8-13-27-23/h5-11,13,17,19,21,24H,12,14-16H2,1-4H3,(H,28,33). The number of ketones is 1. The van der Waals surface area contributed by atoms with E-state index in [-0.39, 0.29) is 41.6 Å². The maximum absolute atomic E-state index is 13.7. The quantitative estimate of drug-likeness (QED) is 0.553. The number of nitrogens with zero attached hydrogens (tertiary/aromatic N) is 4. The second-order valence-electron chi connectivity index (χ2n) is 10.1. The van der Waals surface area contributed by atoms with Crippen LogP contribution in [0.4, 0.5) is 5.69 Å². The highest BCUT2D eigenvalue weighted by molar-refractivity contribution is 7.89. The number of nitrogens with one attached hydrogen (secondary N) is 1. The molecule has 3 atom stereocenters. The number of Topliss-reactive ketones (excluding diaryl/α,β-unsaturated/α-hetero) is 1. The van der Waals surface area contributed by atoms with Crippen LogP contribution < -0.4 is 10.2 Å². The van der Waals surface area contributed by atoms with Gasteiger partial charge in [0.2, 0.25) is 5.91 Å². The molecule has 198 valence electrons. The van der Waals surface area contributed by atoms with E-state index in [1.807, 2.05) is 45.0 Å². The van der Waals surface area contributed by atoms with Crippen LogP contribution in [0.2, 0.25) is 0 Å². The molecule has 0 bridgehead atoms. The zero-order valence-electron chi connectivity index (χ0n) is 21.5. The number of para-hydroxylation sites is 1. The second-order valence-corrected chi connectivity index (χ2v) is 11.9. The van der Waals surface area contributed by atoms with E-state index in [4.69, 9.17) is 0 Å². The summed E-state index contributed by atoms with van der Waals surface area (Å²) in [7, 11) is -0.319. The van der Waals surface area contributed by atoms with E-state index < -0.39 is 28.1 Å². The summed E-state index contributed by atoms with van der Waals surface area (Å²) < 4.78 is 27.6. The van der Waals surface area contributed by atoms with Gasteiger partial charge in [-0.3, -0.25) is 14.4 Å². The molecule has 2 aromatic rings. The highest BCUT2D eigenvalue weighted by Gasteiger charge is 2.54. The lowest BCUT2D eigenvalue weighted by molar-refractivity contribution is -0.138. The van der Waals surface area contributed by atoms with E-state index in [2.05, 4.69) is 10.3 Å². The van der Waals surface area contributed by atoms with Crippen molar-refractivity contribution >= 4 is 33.3 Å². The largest absolute Gasteiger partial charge is 0.377 e. The third kappa shape index (κ3) is 5.24. The van der Waals surface area contributed by atoms with Crippen molar-refractivity contribution in [2.45, 2.75) is 49.8 Å². The van der Waals surface area contributed by atoms with Gasteiger partial charge in [0.25, 0.3) is 15.9 Å². The van der Waals surface area contributed by atoms with Gasteiger partial charge in [-0.1, -0.05) is 32.0 Å². The average molecular weight is 528 g/mol. The van der Waals surface area contributed by atoms with Gasteiger partial charge in [0, 0.05) is 32.5 Å². The van der Waals surface area contributed by atoms with Crippen molar-refractivity contribution in [1.82, 2.24) is 19.5 Å². The second kappa shape index (κ2) is 10.6. The SMILES string of the molecule is CC(C)CC(NC(=O)c1ccccc1N(C)C)C(=O)N1CCC2C1C(=O)CN2S(=O)(=O)c1ccccn1. The van der Waals surface area contributed by atoms with Crippen molar-refractivity contribution < 1.29 is 22.8 Å². The van der Waals surface area contributed by atoms with Crippen LogP contribution in [-0.4, -0.2) is 85.5 Å². The number of pyridine rings is 1. The van der Waals surface area contributed by atoms with Crippen molar-refractivity contribution in [1.29, 1.82) is 0 Å². The third-order valence-electron chi connectivity index (χ3n) is 6.81. The van der Waals surface area contributed by atoms with Crippen LogP contribution >= 0.6 is 0 Å². The van der Waals surface area contributed by atoms with E-state index in [1.165, 1.54) is 21.5 Å². The summed E-state index contributed by atoms with van der Waals surface area (Å²) in [6, 6.07) is 9.33. The number of hydrogen-bond acceptors (Lipinski definition) is 7. The van der Waals surface area contributed by atoms with Crippen LogP contribution in [0.3, 0.4) is 0 Å². The van der Waals surface area contributed by atoms with Crippen LogP contribution in [0.15, 0.2) is 53.7 Å². The fourth-order valence-electron chi connectivity index (χ4n) is 5.15. The number of amides is 2. The number of anilines is 1. The monoisotopic (exact) mass is 527 g/mol. The van der Waals surface area contributed by atoms with Gasteiger partial charge in [0.15, 0.2) is 10.8 Å². The predicted molar refractivity (Wildman–Crippen MR) is 139 cm³/mol. The summed E-state index contributed by atoms with van der Waals surface area (Å²) in [4.78, 5) is 47.3. The van der Waals surface area contributed by atoms with Gasteiger partial charge in [-0.2, -0.15) is 4.31 Å². The average Bonchev–Trinajstić information content (AvgIpc) is 3.45. The van der Waals surface area contributed by atoms with E-state index >= 15 is 0 Å². The first-order valence-electron chi connectivity index (χ1n) is 12.4. The van der Waals surface area contributed by atoms with Gasteiger partial charge < -0.3 is 15.1 Å². The van der Waals surface area contributed by atoms with Gasteiger partial charge in [0.1, 0.15) is 12.1 Å². The number of aromatic nitrogens is 1. The van der Waals surface area contributed by atoms with Gasteiger partial charge in [0.05, 0.1) is 18.2 Å². The molecule has 2 aliphatic heterocycles. The molecule has 0 spiro atoms. The molecule has 2 fully saturated rings. The van der Waals surface area contributed by atoms with E-state index in [1.54, 1.807) is 24.3 Å². The number of sulfonamides is 1. The molecule has 11 heteroatoms. The van der Waals surface area contributed by atoms with Crippen LogP contribution in [0.5, 0.6) is 0 Å². The van der Waals surface area contributed by atoms with Gasteiger partial charge in [-0.25, -0.2) is 13.4 Å². The number of carbonyl (C=O) groups excluding carboxylic acids is 3. The first kappa shape index (κ1) is 26.7. The molecule has 3 heterocycles. The summed E-state index contributed by atoms with van der Waals surface area (Å²) in [5.41, 5.74) is 1.16. The Hall–Kier alpha value is -3.31.